The molecule has 0 saturated heterocycles. The molecular formula is C14H23NO4. The smallest absolute Gasteiger partial charge is 0.345 e. The molecule has 0 unspecified atom stereocenters. The van der Waals surface area contributed by atoms with Crippen molar-refractivity contribution < 1.29 is 19.1 Å². The van der Waals surface area contributed by atoms with Crippen LogP contribution in [0.25, 0.3) is 0 Å². The summed E-state index contributed by atoms with van der Waals surface area (Å²) in [6, 6.07) is 0. The molecule has 19 heavy (non-hydrogen) atoms. The predicted octanol–water partition coefficient (Wildman–Crippen LogP) is 2.96. The van der Waals surface area contributed by atoms with Gasteiger partial charge in [0.1, 0.15) is 0 Å². The lowest BCUT2D eigenvalue weighted by Gasteiger charge is -2.05. The number of hydrogen-bond acceptors (Lipinski definition) is 5. The third-order valence-corrected chi connectivity index (χ3v) is 2.01. The summed E-state index contributed by atoms with van der Waals surface area (Å²) in [6.45, 7) is 9.96. The number of nitriles is 1. The molecule has 0 atom stereocenters. The summed E-state index contributed by atoms with van der Waals surface area (Å²) in [6.07, 6.45) is 5.67. The summed E-state index contributed by atoms with van der Waals surface area (Å²) in [7, 11) is 0. The lowest BCUT2D eigenvalue weighted by molar-refractivity contribution is -0.144. The van der Waals surface area contributed by atoms with Crippen molar-refractivity contribution in [3.05, 3.63) is 12.7 Å². The van der Waals surface area contributed by atoms with Gasteiger partial charge >= 0.3 is 11.9 Å². The molecule has 0 spiro atoms. The first-order valence-corrected chi connectivity index (χ1v) is 6.35. The van der Waals surface area contributed by atoms with Crippen LogP contribution in [-0.4, -0.2) is 18.5 Å². The van der Waals surface area contributed by atoms with Crippen molar-refractivity contribution in [1.29, 1.82) is 5.26 Å². The Morgan fingerprint density at radius 1 is 1.42 bits per heavy atom. The van der Waals surface area contributed by atoms with E-state index >= 15 is 0 Å². The van der Waals surface area contributed by atoms with Gasteiger partial charge in [0.05, 0.1) is 6.61 Å². The van der Waals surface area contributed by atoms with Crippen molar-refractivity contribution >= 4 is 11.9 Å². The average molecular weight is 269 g/mol. The maximum Gasteiger partial charge on any atom is 0.345 e. The molecule has 0 aromatic rings. The first-order chi connectivity index (χ1) is 8.97. The summed E-state index contributed by atoms with van der Waals surface area (Å²) in [5.41, 5.74) is 0. The Bertz CT molecular complexity index is 305. The maximum absolute atomic E-state index is 11.0. The third-order valence-electron chi connectivity index (χ3n) is 2.01. The van der Waals surface area contributed by atoms with E-state index in [0.29, 0.717) is 18.9 Å². The maximum atomic E-state index is 11.0. The fraction of sp³-hybridized carbons (Fsp3) is 0.643. The first-order valence-electron chi connectivity index (χ1n) is 6.35. The van der Waals surface area contributed by atoms with Gasteiger partial charge in [0.15, 0.2) is 0 Å². The van der Waals surface area contributed by atoms with Crippen LogP contribution >= 0.6 is 0 Å². The fourth-order valence-corrected chi connectivity index (χ4v) is 0.888. The molecule has 0 aromatic heterocycles. The van der Waals surface area contributed by atoms with Crippen LogP contribution in [0, 0.1) is 17.4 Å². The molecular weight excluding hydrogens is 246 g/mol. The Balaban J connectivity index is 0. The standard InChI is InChI=1S/C10H20O2.C4H3NO2/c1-4-5-6-10(11)12-8-7-9(2)3;1-2-4(6)7-3-5/h9H,4-8H2,1-3H3;2H,1H2. The van der Waals surface area contributed by atoms with Crippen molar-refractivity contribution in [2.24, 2.45) is 5.92 Å². The molecule has 108 valence electrons. The topological polar surface area (TPSA) is 76.4 Å². The van der Waals surface area contributed by atoms with Gasteiger partial charge in [0, 0.05) is 12.5 Å². The highest BCUT2D eigenvalue weighted by atomic mass is 16.5. The summed E-state index contributed by atoms with van der Waals surface area (Å²) < 4.78 is 8.76. The van der Waals surface area contributed by atoms with Crippen LogP contribution in [0.1, 0.15) is 46.5 Å². The minimum atomic E-state index is -0.720. The van der Waals surface area contributed by atoms with Crippen LogP contribution in [0.4, 0.5) is 0 Å². The third kappa shape index (κ3) is 18.7. The molecule has 0 N–H and O–H groups in total. The van der Waals surface area contributed by atoms with Crippen molar-refractivity contribution in [3.63, 3.8) is 0 Å². The Labute approximate surface area is 115 Å². The van der Waals surface area contributed by atoms with Crippen LogP contribution in [-0.2, 0) is 19.1 Å². The van der Waals surface area contributed by atoms with E-state index in [1.165, 1.54) is 6.26 Å². The lowest BCUT2D eigenvalue weighted by Crippen LogP contribution is -2.07. The molecule has 0 radical (unpaired) electrons. The van der Waals surface area contributed by atoms with Gasteiger partial charge < -0.3 is 9.47 Å². The lowest BCUT2D eigenvalue weighted by atomic mass is 10.1. The predicted molar refractivity (Wildman–Crippen MR) is 71.8 cm³/mol. The molecule has 0 amide bonds. The van der Waals surface area contributed by atoms with Gasteiger partial charge in [-0.05, 0) is 18.8 Å². The van der Waals surface area contributed by atoms with Crippen LogP contribution < -0.4 is 0 Å². The van der Waals surface area contributed by atoms with Crippen LogP contribution in [0.3, 0.4) is 0 Å². The minimum absolute atomic E-state index is 0.0440. The number of hydrogen-bond donors (Lipinski definition) is 0. The number of carbonyl (C=O) groups excluding carboxylic acids is 2. The average Bonchev–Trinajstić information content (AvgIpc) is 2.37. The van der Waals surface area contributed by atoms with Gasteiger partial charge in [0.2, 0.25) is 0 Å². The van der Waals surface area contributed by atoms with Gasteiger partial charge in [0.25, 0.3) is 6.26 Å². The Morgan fingerprint density at radius 2 is 2.05 bits per heavy atom. The molecule has 5 heteroatoms. The summed E-state index contributed by atoms with van der Waals surface area (Å²) >= 11 is 0. The van der Waals surface area contributed by atoms with Crippen molar-refractivity contribution in [2.75, 3.05) is 6.61 Å². The Morgan fingerprint density at radius 3 is 2.42 bits per heavy atom. The zero-order chi connectivity index (χ0) is 15.1. The van der Waals surface area contributed by atoms with Crippen molar-refractivity contribution in [1.82, 2.24) is 0 Å². The SMILES string of the molecule is C=CC(=O)OC#N.CCCCC(=O)OCCC(C)C. The molecule has 0 saturated carbocycles. The fourth-order valence-electron chi connectivity index (χ4n) is 0.888. The van der Waals surface area contributed by atoms with E-state index in [4.69, 9.17) is 10.00 Å². The summed E-state index contributed by atoms with van der Waals surface area (Å²) in [5.74, 6) is -0.149. The van der Waals surface area contributed by atoms with E-state index < -0.39 is 5.97 Å². The molecule has 0 fully saturated rings. The highest BCUT2D eigenvalue weighted by Gasteiger charge is 2.01. The monoisotopic (exact) mass is 269 g/mol. The zero-order valence-corrected chi connectivity index (χ0v) is 12.0. The minimum Gasteiger partial charge on any atom is -0.466 e. The quantitative estimate of drug-likeness (QED) is 0.403. The molecule has 0 rings (SSSR count). The largest absolute Gasteiger partial charge is 0.466 e. The molecule has 0 heterocycles. The second-order valence-electron chi connectivity index (χ2n) is 4.22. The molecule has 0 bridgehead atoms. The van der Waals surface area contributed by atoms with Gasteiger partial charge in [-0.2, -0.15) is 0 Å². The second-order valence-corrected chi connectivity index (χ2v) is 4.22. The van der Waals surface area contributed by atoms with Crippen molar-refractivity contribution in [2.45, 2.75) is 46.5 Å². The van der Waals surface area contributed by atoms with E-state index in [2.05, 4.69) is 32.1 Å². The van der Waals surface area contributed by atoms with Gasteiger partial charge in [-0.1, -0.05) is 33.8 Å². The molecule has 5 nitrogen and oxygen atoms in total. The zero-order valence-electron chi connectivity index (χ0n) is 12.0. The summed E-state index contributed by atoms with van der Waals surface area (Å²) in [4.78, 5) is 20.8. The van der Waals surface area contributed by atoms with E-state index in [1.54, 1.807) is 0 Å². The Hall–Kier alpha value is -1.83. The van der Waals surface area contributed by atoms with Crippen molar-refractivity contribution in [3.8, 4) is 6.26 Å². The molecule has 0 aromatic carbocycles. The van der Waals surface area contributed by atoms with Gasteiger partial charge in [-0.15, -0.1) is 5.26 Å². The van der Waals surface area contributed by atoms with Gasteiger partial charge in [-0.3, -0.25) is 4.79 Å². The highest BCUT2D eigenvalue weighted by molar-refractivity contribution is 5.81. The normalized spacial score (nSPS) is 8.79. The number of ether oxygens (including phenoxy) is 2. The van der Waals surface area contributed by atoms with Crippen LogP contribution in [0.2, 0.25) is 0 Å². The van der Waals surface area contributed by atoms with E-state index in [9.17, 15) is 9.59 Å². The number of unbranched alkanes of at least 4 members (excludes halogenated alkanes) is 1. The van der Waals surface area contributed by atoms with E-state index in [-0.39, 0.29) is 5.97 Å². The number of rotatable bonds is 7. The first kappa shape index (κ1) is 19.5. The van der Waals surface area contributed by atoms with Gasteiger partial charge in [-0.25, -0.2) is 4.79 Å². The van der Waals surface area contributed by atoms with E-state index in [0.717, 1.165) is 25.3 Å². The summed E-state index contributed by atoms with van der Waals surface area (Å²) in [5, 5.41) is 7.63. The Kier molecular flexibility index (Phi) is 14.6. The number of nitrogens with zero attached hydrogens (tertiary/aromatic N) is 1. The second kappa shape index (κ2) is 14.2. The van der Waals surface area contributed by atoms with Crippen LogP contribution in [0.5, 0.6) is 0 Å². The number of carbonyl (C=O) groups is 2. The highest BCUT2D eigenvalue weighted by Crippen LogP contribution is 2.01. The van der Waals surface area contributed by atoms with E-state index in [1.807, 2.05) is 0 Å². The van der Waals surface area contributed by atoms with Crippen LogP contribution in [0.15, 0.2) is 12.7 Å². The number of esters is 2. The molecule has 0 aliphatic carbocycles. The molecule has 0 aliphatic rings. The molecule has 0 aliphatic heterocycles.